The highest BCUT2D eigenvalue weighted by atomic mass is 35.5. The molecular formula is C12H12ClN3O3S. The number of rotatable bonds is 4. The van der Waals surface area contributed by atoms with Gasteiger partial charge in [-0.05, 0) is 25.1 Å². The van der Waals surface area contributed by atoms with Gasteiger partial charge >= 0.3 is 0 Å². The van der Waals surface area contributed by atoms with Crippen molar-refractivity contribution in [3.8, 4) is 0 Å². The standard InChI is InChI=1S/C12H12ClN3O3S/c1-8(11-4-2-3-5-14-11)16-20(18,19)9-6-10(13)12(17)15-7-9/h2-8,16H,1H3,(H,15,17). The largest absolute Gasteiger partial charge is 0.326 e. The lowest BCUT2D eigenvalue weighted by molar-refractivity contribution is 0.563. The summed E-state index contributed by atoms with van der Waals surface area (Å²) in [4.78, 5) is 17.4. The van der Waals surface area contributed by atoms with E-state index in [2.05, 4.69) is 14.7 Å². The maximum absolute atomic E-state index is 12.2. The number of sulfonamides is 1. The van der Waals surface area contributed by atoms with Crippen LogP contribution in [0.2, 0.25) is 5.02 Å². The molecule has 6 nitrogen and oxygen atoms in total. The normalized spacial score (nSPS) is 13.1. The highest BCUT2D eigenvalue weighted by Gasteiger charge is 2.20. The number of halogens is 1. The van der Waals surface area contributed by atoms with Gasteiger partial charge in [0.1, 0.15) is 5.02 Å². The lowest BCUT2D eigenvalue weighted by atomic mass is 10.2. The summed E-state index contributed by atoms with van der Waals surface area (Å²) >= 11 is 5.63. The number of aromatic amines is 1. The van der Waals surface area contributed by atoms with Crippen LogP contribution in [0.5, 0.6) is 0 Å². The Morgan fingerprint density at radius 1 is 1.40 bits per heavy atom. The van der Waals surface area contributed by atoms with Crippen molar-refractivity contribution in [2.75, 3.05) is 0 Å². The van der Waals surface area contributed by atoms with Gasteiger partial charge in [0.2, 0.25) is 10.0 Å². The topological polar surface area (TPSA) is 91.9 Å². The number of aromatic nitrogens is 2. The van der Waals surface area contributed by atoms with Crippen molar-refractivity contribution in [3.63, 3.8) is 0 Å². The SMILES string of the molecule is CC(NS(=O)(=O)c1c[nH]c(=O)c(Cl)c1)c1ccccn1. The molecule has 2 rings (SSSR count). The Morgan fingerprint density at radius 2 is 2.15 bits per heavy atom. The van der Waals surface area contributed by atoms with E-state index in [1.807, 2.05) is 0 Å². The molecule has 0 saturated heterocycles. The summed E-state index contributed by atoms with van der Waals surface area (Å²) in [5, 5.41) is -0.182. The van der Waals surface area contributed by atoms with Crippen molar-refractivity contribution < 1.29 is 8.42 Å². The van der Waals surface area contributed by atoms with Crippen LogP contribution in [0.25, 0.3) is 0 Å². The zero-order valence-electron chi connectivity index (χ0n) is 10.5. The van der Waals surface area contributed by atoms with Gasteiger partial charge in [-0.2, -0.15) is 0 Å². The molecule has 2 aromatic heterocycles. The number of nitrogens with one attached hydrogen (secondary N) is 2. The summed E-state index contributed by atoms with van der Waals surface area (Å²) < 4.78 is 26.8. The van der Waals surface area contributed by atoms with Crippen molar-refractivity contribution in [2.45, 2.75) is 17.9 Å². The summed E-state index contributed by atoms with van der Waals surface area (Å²) in [6, 6.07) is 5.82. The van der Waals surface area contributed by atoms with Crippen LogP contribution >= 0.6 is 11.6 Å². The predicted molar refractivity (Wildman–Crippen MR) is 75.0 cm³/mol. The minimum Gasteiger partial charge on any atom is -0.326 e. The van der Waals surface area contributed by atoms with Crippen LogP contribution < -0.4 is 10.3 Å². The fraction of sp³-hybridized carbons (Fsp3) is 0.167. The van der Waals surface area contributed by atoms with Crippen LogP contribution in [0, 0.1) is 0 Å². The first kappa shape index (κ1) is 14.7. The minimum absolute atomic E-state index is 0.107. The quantitative estimate of drug-likeness (QED) is 0.894. The smallest absolute Gasteiger partial charge is 0.266 e. The average Bonchev–Trinajstić information content (AvgIpc) is 2.42. The molecule has 106 valence electrons. The monoisotopic (exact) mass is 313 g/mol. The van der Waals surface area contributed by atoms with Crippen LogP contribution in [0.3, 0.4) is 0 Å². The summed E-state index contributed by atoms with van der Waals surface area (Å²) in [5.41, 5.74) is 0.0509. The third-order valence-corrected chi connectivity index (χ3v) is 4.41. The van der Waals surface area contributed by atoms with Crippen molar-refractivity contribution in [1.82, 2.24) is 14.7 Å². The highest BCUT2D eigenvalue weighted by Crippen LogP contribution is 2.15. The average molecular weight is 314 g/mol. The molecule has 0 spiro atoms. The van der Waals surface area contributed by atoms with E-state index < -0.39 is 21.6 Å². The molecule has 8 heteroatoms. The molecule has 2 heterocycles. The van der Waals surface area contributed by atoms with E-state index in [-0.39, 0.29) is 9.92 Å². The second-order valence-corrected chi connectivity index (χ2v) is 6.23. The molecule has 20 heavy (non-hydrogen) atoms. The predicted octanol–water partition coefficient (Wildman–Crippen LogP) is 1.46. The van der Waals surface area contributed by atoms with Gasteiger partial charge in [-0.15, -0.1) is 0 Å². The third-order valence-electron chi connectivity index (χ3n) is 2.61. The molecule has 0 saturated carbocycles. The van der Waals surface area contributed by atoms with Crippen molar-refractivity contribution in [1.29, 1.82) is 0 Å². The lowest BCUT2D eigenvalue weighted by Gasteiger charge is -2.13. The van der Waals surface area contributed by atoms with Crippen LogP contribution in [0.1, 0.15) is 18.7 Å². The lowest BCUT2D eigenvalue weighted by Crippen LogP contribution is -2.28. The Morgan fingerprint density at radius 3 is 2.75 bits per heavy atom. The molecule has 2 N–H and O–H groups in total. The molecular weight excluding hydrogens is 302 g/mol. The summed E-state index contributed by atoms with van der Waals surface area (Å²) in [6.45, 7) is 1.67. The Labute approximate surface area is 120 Å². The van der Waals surface area contributed by atoms with E-state index in [1.165, 1.54) is 0 Å². The van der Waals surface area contributed by atoms with E-state index in [0.717, 1.165) is 12.3 Å². The van der Waals surface area contributed by atoms with Crippen molar-refractivity contribution >= 4 is 21.6 Å². The van der Waals surface area contributed by atoms with Gasteiger partial charge in [0.15, 0.2) is 0 Å². The number of nitrogens with zero attached hydrogens (tertiary/aromatic N) is 1. The van der Waals surface area contributed by atoms with E-state index in [9.17, 15) is 13.2 Å². The van der Waals surface area contributed by atoms with Crippen molar-refractivity contribution in [2.24, 2.45) is 0 Å². The Bertz CT molecular complexity index is 759. The molecule has 0 aliphatic heterocycles. The second-order valence-electron chi connectivity index (χ2n) is 4.11. The first-order valence-electron chi connectivity index (χ1n) is 5.71. The Balaban J connectivity index is 2.27. The van der Waals surface area contributed by atoms with Crippen LogP contribution in [0.15, 0.2) is 46.3 Å². The first-order chi connectivity index (χ1) is 9.40. The van der Waals surface area contributed by atoms with Gasteiger partial charge < -0.3 is 4.98 Å². The Hall–Kier alpha value is -1.70. The molecule has 1 unspecified atom stereocenters. The number of hydrogen-bond donors (Lipinski definition) is 2. The minimum atomic E-state index is -3.79. The zero-order chi connectivity index (χ0) is 14.8. The molecule has 0 fully saturated rings. The van der Waals surface area contributed by atoms with Crippen molar-refractivity contribution in [3.05, 3.63) is 57.7 Å². The molecule has 0 aliphatic carbocycles. The van der Waals surface area contributed by atoms with Crippen LogP contribution in [0.4, 0.5) is 0 Å². The van der Waals surface area contributed by atoms with Gasteiger partial charge in [-0.25, -0.2) is 13.1 Å². The maximum Gasteiger partial charge on any atom is 0.266 e. The highest BCUT2D eigenvalue weighted by molar-refractivity contribution is 7.89. The van der Waals surface area contributed by atoms with Gasteiger partial charge in [0, 0.05) is 12.4 Å². The summed E-state index contributed by atoms with van der Waals surface area (Å²) in [7, 11) is -3.79. The maximum atomic E-state index is 12.2. The van der Waals surface area contributed by atoms with E-state index in [4.69, 9.17) is 11.6 Å². The van der Waals surface area contributed by atoms with Crippen LogP contribution in [-0.4, -0.2) is 18.4 Å². The molecule has 0 aromatic carbocycles. The van der Waals surface area contributed by atoms with Crippen LogP contribution in [-0.2, 0) is 10.0 Å². The fourth-order valence-electron chi connectivity index (χ4n) is 1.59. The molecule has 0 amide bonds. The third kappa shape index (κ3) is 3.24. The van der Waals surface area contributed by atoms with E-state index in [0.29, 0.717) is 5.69 Å². The van der Waals surface area contributed by atoms with E-state index in [1.54, 1.807) is 31.3 Å². The van der Waals surface area contributed by atoms with E-state index >= 15 is 0 Å². The fourth-order valence-corrected chi connectivity index (χ4v) is 3.03. The number of H-pyrrole nitrogens is 1. The molecule has 0 radical (unpaired) electrons. The molecule has 0 aliphatic rings. The van der Waals surface area contributed by atoms with Gasteiger partial charge in [0.25, 0.3) is 5.56 Å². The molecule has 2 aromatic rings. The summed E-state index contributed by atoms with van der Waals surface area (Å²) in [5.74, 6) is 0. The molecule has 0 bridgehead atoms. The number of pyridine rings is 2. The zero-order valence-corrected chi connectivity index (χ0v) is 12.1. The van der Waals surface area contributed by atoms with Gasteiger partial charge in [-0.3, -0.25) is 9.78 Å². The second kappa shape index (κ2) is 5.74. The Kier molecular flexibility index (Phi) is 4.22. The number of hydrogen-bond acceptors (Lipinski definition) is 4. The first-order valence-corrected chi connectivity index (χ1v) is 7.58. The molecule has 1 atom stereocenters. The van der Waals surface area contributed by atoms with Gasteiger partial charge in [-0.1, -0.05) is 17.7 Å². The van der Waals surface area contributed by atoms with Gasteiger partial charge in [0.05, 0.1) is 16.6 Å². The summed E-state index contributed by atoms with van der Waals surface area (Å²) in [6.07, 6.45) is 2.68.